The van der Waals surface area contributed by atoms with Crippen molar-refractivity contribution in [2.24, 2.45) is 0 Å². The van der Waals surface area contributed by atoms with Gasteiger partial charge in [0.1, 0.15) is 4.60 Å². The number of rotatable bonds is 4. The molecule has 0 radical (unpaired) electrons. The molecule has 7 nitrogen and oxygen atoms in total. The van der Waals surface area contributed by atoms with E-state index in [0.717, 1.165) is 5.01 Å². The van der Waals surface area contributed by atoms with Gasteiger partial charge in [0.25, 0.3) is 0 Å². The zero-order valence-corrected chi connectivity index (χ0v) is 14.1. The predicted molar refractivity (Wildman–Crippen MR) is 88.3 cm³/mol. The molecule has 0 atom stereocenters. The van der Waals surface area contributed by atoms with Crippen LogP contribution < -0.4 is 10.6 Å². The Bertz CT molecular complexity index is 814. The number of nitrogens with zero attached hydrogens (tertiary/aromatic N) is 4. The van der Waals surface area contributed by atoms with E-state index in [1.165, 1.54) is 4.88 Å². The van der Waals surface area contributed by atoms with Crippen molar-refractivity contribution >= 4 is 44.8 Å². The van der Waals surface area contributed by atoms with Crippen molar-refractivity contribution in [3.63, 3.8) is 0 Å². The number of imidazole rings is 1. The molecule has 114 valence electrons. The molecule has 3 aromatic rings. The van der Waals surface area contributed by atoms with Crippen LogP contribution in [0.3, 0.4) is 0 Å². The van der Waals surface area contributed by atoms with Crippen LogP contribution in [0.15, 0.2) is 29.4 Å². The Balaban J connectivity index is 1.60. The smallest absolute Gasteiger partial charge is 0.320 e. The number of fused-ring (bicyclic) bond motifs is 1. The fourth-order valence-corrected chi connectivity index (χ4v) is 3.12. The zero-order valence-electron chi connectivity index (χ0n) is 11.7. The number of carbonyl (C=O) groups excluding carboxylic acids is 1. The fraction of sp³-hybridized carbons (Fsp3) is 0.231. The molecular weight excluding hydrogens is 368 g/mol. The first kappa shape index (κ1) is 14.9. The summed E-state index contributed by atoms with van der Waals surface area (Å²) in [6.45, 7) is 2.52. The van der Waals surface area contributed by atoms with Gasteiger partial charge in [-0.15, -0.1) is 11.3 Å². The minimum Gasteiger partial charge on any atom is -0.337 e. The number of aromatic nitrogens is 4. The standard InChI is InChI=1S/C13H13BrN6OS/c1-8-6-17-10(22-8)2-3-16-13(21)19-11-12-15-4-5-20(12)7-9(14)18-11/h4-7H,2-3H2,1H3,(H2,16,18,19,21). The van der Waals surface area contributed by atoms with Crippen LogP contribution >= 0.6 is 27.3 Å². The van der Waals surface area contributed by atoms with Crippen LogP contribution in [0.2, 0.25) is 0 Å². The number of nitrogens with one attached hydrogen (secondary N) is 2. The maximum Gasteiger partial charge on any atom is 0.320 e. The van der Waals surface area contributed by atoms with Crippen molar-refractivity contribution in [3.8, 4) is 0 Å². The summed E-state index contributed by atoms with van der Waals surface area (Å²) in [5.41, 5.74) is 0.592. The average Bonchev–Trinajstić information content (AvgIpc) is 3.07. The third-order valence-electron chi connectivity index (χ3n) is 2.87. The molecule has 9 heteroatoms. The first-order chi connectivity index (χ1) is 10.6. The van der Waals surface area contributed by atoms with Crippen LogP contribution in [0.25, 0.3) is 5.65 Å². The third-order valence-corrected chi connectivity index (χ3v) is 4.22. The van der Waals surface area contributed by atoms with Gasteiger partial charge in [-0.05, 0) is 22.9 Å². The molecule has 3 heterocycles. The number of amides is 2. The lowest BCUT2D eigenvalue weighted by Gasteiger charge is -2.07. The molecular formula is C13H13BrN6OS. The van der Waals surface area contributed by atoms with Crippen molar-refractivity contribution < 1.29 is 4.79 Å². The Kier molecular flexibility index (Phi) is 4.34. The van der Waals surface area contributed by atoms with E-state index in [9.17, 15) is 4.79 Å². The summed E-state index contributed by atoms with van der Waals surface area (Å²) in [5, 5.41) is 6.51. The molecule has 0 aliphatic carbocycles. The lowest BCUT2D eigenvalue weighted by Crippen LogP contribution is -2.31. The van der Waals surface area contributed by atoms with Gasteiger partial charge < -0.3 is 9.72 Å². The largest absolute Gasteiger partial charge is 0.337 e. The summed E-state index contributed by atoms with van der Waals surface area (Å²) in [6.07, 6.45) is 7.75. The Labute approximate surface area is 138 Å². The van der Waals surface area contributed by atoms with Crippen molar-refractivity contribution in [1.29, 1.82) is 0 Å². The molecule has 0 fully saturated rings. The molecule has 0 saturated heterocycles. The highest BCUT2D eigenvalue weighted by molar-refractivity contribution is 9.10. The first-order valence-electron chi connectivity index (χ1n) is 6.57. The first-order valence-corrected chi connectivity index (χ1v) is 8.18. The summed E-state index contributed by atoms with van der Waals surface area (Å²) >= 11 is 4.94. The lowest BCUT2D eigenvalue weighted by atomic mass is 10.4. The maximum absolute atomic E-state index is 12.0. The summed E-state index contributed by atoms with van der Waals surface area (Å²) < 4.78 is 2.40. The SMILES string of the molecule is Cc1cnc(CCNC(=O)Nc2nc(Br)cn3ccnc23)s1. The number of thiazole rings is 1. The molecule has 0 unspecified atom stereocenters. The molecule has 2 N–H and O–H groups in total. The highest BCUT2D eigenvalue weighted by Gasteiger charge is 2.10. The summed E-state index contributed by atoms with van der Waals surface area (Å²) in [6, 6.07) is -0.316. The van der Waals surface area contributed by atoms with E-state index in [0.29, 0.717) is 29.0 Å². The fourth-order valence-electron chi connectivity index (χ4n) is 1.94. The van der Waals surface area contributed by atoms with Crippen LogP contribution in [0.1, 0.15) is 9.88 Å². The van der Waals surface area contributed by atoms with Gasteiger partial charge >= 0.3 is 6.03 Å². The van der Waals surface area contributed by atoms with E-state index in [2.05, 4.69) is 41.5 Å². The van der Waals surface area contributed by atoms with Crippen molar-refractivity contribution in [2.75, 3.05) is 11.9 Å². The molecule has 0 saturated carbocycles. The van der Waals surface area contributed by atoms with Gasteiger partial charge in [0, 0.05) is 42.6 Å². The van der Waals surface area contributed by atoms with Crippen LogP contribution in [-0.2, 0) is 6.42 Å². The average molecular weight is 381 g/mol. The second-order valence-corrected chi connectivity index (χ2v) is 6.70. The van der Waals surface area contributed by atoms with Crippen LogP contribution in [0.4, 0.5) is 10.6 Å². The lowest BCUT2D eigenvalue weighted by molar-refractivity contribution is 0.252. The van der Waals surface area contributed by atoms with E-state index in [-0.39, 0.29) is 6.03 Å². The zero-order chi connectivity index (χ0) is 15.5. The minimum absolute atomic E-state index is 0.316. The van der Waals surface area contributed by atoms with Gasteiger partial charge in [0.15, 0.2) is 11.5 Å². The minimum atomic E-state index is -0.316. The van der Waals surface area contributed by atoms with Crippen molar-refractivity contribution in [1.82, 2.24) is 24.7 Å². The number of carbonyl (C=O) groups is 1. The molecule has 3 aromatic heterocycles. The Hall–Kier alpha value is -2.00. The number of anilines is 1. The van der Waals surface area contributed by atoms with Gasteiger partial charge in [-0.1, -0.05) is 0 Å². The predicted octanol–water partition coefficient (Wildman–Crippen LogP) is 2.62. The number of halogens is 1. The van der Waals surface area contributed by atoms with Gasteiger partial charge in [0.2, 0.25) is 0 Å². The number of aryl methyl sites for hydroxylation is 1. The molecule has 0 aromatic carbocycles. The van der Waals surface area contributed by atoms with Gasteiger partial charge in [-0.3, -0.25) is 5.32 Å². The van der Waals surface area contributed by atoms with Crippen LogP contribution in [-0.4, -0.2) is 31.9 Å². The Morgan fingerprint density at radius 2 is 2.32 bits per heavy atom. The molecule has 0 bridgehead atoms. The van der Waals surface area contributed by atoms with Crippen LogP contribution in [0, 0.1) is 6.92 Å². The van der Waals surface area contributed by atoms with E-state index in [4.69, 9.17) is 0 Å². The summed E-state index contributed by atoms with van der Waals surface area (Å²) in [7, 11) is 0. The molecule has 0 aliphatic rings. The normalized spacial score (nSPS) is 10.8. The quantitative estimate of drug-likeness (QED) is 0.728. The van der Waals surface area contributed by atoms with Crippen LogP contribution in [0.5, 0.6) is 0 Å². The Morgan fingerprint density at radius 3 is 3.09 bits per heavy atom. The highest BCUT2D eigenvalue weighted by Crippen LogP contribution is 2.16. The maximum atomic E-state index is 12.0. The molecule has 0 spiro atoms. The van der Waals surface area contributed by atoms with Crippen molar-refractivity contribution in [2.45, 2.75) is 13.3 Å². The van der Waals surface area contributed by atoms with Gasteiger partial charge in [0.05, 0.1) is 5.01 Å². The summed E-state index contributed by atoms with van der Waals surface area (Å²) in [4.78, 5) is 25.8. The number of hydrogen-bond acceptors (Lipinski definition) is 5. The number of hydrogen-bond donors (Lipinski definition) is 2. The highest BCUT2D eigenvalue weighted by atomic mass is 79.9. The second-order valence-electron chi connectivity index (χ2n) is 4.57. The number of urea groups is 1. The van der Waals surface area contributed by atoms with E-state index < -0.39 is 0 Å². The monoisotopic (exact) mass is 380 g/mol. The van der Waals surface area contributed by atoms with Gasteiger partial charge in [-0.2, -0.15) is 0 Å². The summed E-state index contributed by atoms with van der Waals surface area (Å²) in [5.74, 6) is 0.405. The van der Waals surface area contributed by atoms with Crippen molar-refractivity contribution in [3.05, 3.63) is 39.3 Å². The van der Waals surface area contributed by atoms with E-state index >= 15 is 0 Å². The molecule has 0 aliphatic heterocycles. The van der Waals surface area contributed by atoms with Gasteiger partial charge in [-0.25, -0.2) is 19.7 Å². The third kappa shape index (κ3) is 3.42. The second kappa shape index (κ2) is 6.41. The molecule has 2 amide bonds. The molecule has 22 heavy (non-hydrogen) atoms. The topological polar surface area (TPSA) is 84.2 Å². The Morgan fingerprint density at radius 1 is 1.45 bits per heavy atom. The molecule has 3 rings (SSSR count). The van der Waals surface area contributed by atoms with E-state index in [1.807, 2.05) is 13.1 Å². The van der Waals surface area contributed by atoms with E-state index in [1.54, 1.807) is 34.3 Å².